The van der Waals surface area contributed by atoms with Crippen LogP contribution in [-0.4, -0.2) is 33.7 Å². The van der Waals surface area contributed by atoms with Gasteiger partial charge in [-0.15, -0.1) is 0 Å². The van der Waals surface area contributed by atoms with Crippen molar-refractivity contribution in [2.24, 2.45) is 13.0 Å². The molecule has 4 rings (SSSR count). The van der Waals surface area contributed by atoms with Gasteiger partial charge in [-0.1, -0.05) is 19.8 Å². The second kappa shape index (κ2) is 9.17. The van der Waals surface area contributed by atoms with Gasteiger partial charge >= 0.3 is 6.03 Å². The normalized spacial score (nSPS) is 18.2. The van der Waals surface area contributed by atoms with Crippen LogP contribution in [0.25, 0.3) is 22.2 Å². The zero-order valence-electron chi connectivity index (χ0n) is 19.3. The molecule has 174 valence electrons. The summed E-state index contributed by atoms with van der Waals surface area (Å²) >= 11 is 0. The Kier molecular flexibility index (Phi) is 6.31. The Morgan fingerprint density at radius 1 is 1.18 bits per heavy atom. The highest BCUT2D eigenvalue weighted by molar-refractivity contribution is 5.91. The number of benzene rings is 1. The number of amides is 2. The average Bonchev–Trinajstić information content (AvgIpc) is 2.79. The van der Waals surface area contributed by atoms with Crippen LogP contribution in [0.4, 0.5) is 20.8 Å². The molecule has 1 aliphatic rings. The Morgan fingerprint density at radius 3 is 2.67 bits per heavy atom. The molecular weight excluding hydrogens is 423 g/mol. The molecule has 2 aromatic heterocycles. The van der Waals surface area contributed by atoms with Crippen LogP contribution in [0.15, 0.2) is 29.2 Å². The van der Waals surface area contributed by atoms with Crippen molar-refractivity contribution in [3.8, 4) is 11.1 Å². The first-order chi connectivity index (χ1) is 15.8. The van der Waals surface area contributed by atoms with Crippen molar-refractivity contribution >= 4 is 28.7 Å². The standard InChI is InChI=1S/C24H29FN6O2/c1-13-7-5-6-8-19(13)28-24(33)29-20-11-16(14(2)9-18(20)25)17-10-15-12-27-23(26-3)30-21(15)31(4)22(17)32/h9-13,19H,5-8H2,1-4H3,(H,26,27,30)(H2,28,29,33)/t13-,19-/m0/s1. The molecule has 0 saturated heterocycles. The number of rotatable bonds is 4. The van der Waals surface area contributed by atoms with E-state index in [0.29, 0.717) is 39.6 Å². The van der Waals surface area contributed by atoms with Gasteiger partial charge < -0.3 is 16.0 Å². The quantitative estimate of drug-likeness (QED) is 0.551. The summed E-state index contributed by atoms with van der Waals surface area (Å²) in [7, 11) is 3.34. The number of nitrogens with one attached hydrogen (secondary N) is 3. The molecular formula is C24H29FN6O2. The van der Waals surface area contributed by atoms with Crippen LogP contribution >= 0.6 is 0 Å². The van der Waals surface area contributed by atoms with Crippen LogP contribution in [-0.2, 0) is 7.05 Å². The molecule has 9 heteroatoms. The summed E-state index contributed by atoms with van der Waals surface area (Å²) in [4.78, 5) is 34.3. The van der Waals surface area contributed by atoms with Crippen molar-refractivity contribution in [1.82, 2.24) is 19.9 Å². The number of hydrogen-bond donors (Lipinski definition) is 3. The predicted octanol–water partition coefficient (Wildman–Crippen LogP) is 4.18. The maximum atomic E-state index is 14.7. The third-order valence-electron chi connectivity index (χ3n) is 6.45. The van der Waals surface area contributed by atoms with Gasteiger partial charge in [0.05, 0.1) is 5.69 Å². The first-order valence-electron chi connectivity index (χ1n) is 11.2. The molecule has 2 heterocycles. The van der Waals surface area contributed by atoms with Gasteiger partial charge in [-0.3, -0.25) is 9.36 Å². The second-order valence-electron chi connectivity index (χ2n) is 8.76. The number of carbonyl (C=O) groups is 1. The van der Waals surface area contributed by atoms with Gasteiger partial charge in [0.1, 0.15) is 11.5 Å². The number of aromatic nitrogens is 3. The fourth-order valence-corrected chi connectivity index (χ4v) is 4.48. The average molecular weight is 453 g/mol. The number of aryl methyl sites for hydroxylation is 2. The van der Waals surface area contributed by atoms with Crippen LogP contribution < -0.4 is 21.5 Å². The molecule has 0 radical (unpaired) electrons. The fraction of sp³-hybridized carbons (Fsp3) is 0.417. The van der Waals surface area contributed by atoms with Gasteiger partial charge in [0.2, 0.25) is 5.95 Å². The SMILES string of the molecule is CNc1ncc2cc(-c3cc(NC(=O)N[C@H]4CCCC[C@@H]4C)c(F)cc3C)c(=O)n(C)c2n1. The highest BCUT2D eigenvalue weighted by atomic mass is 19.1. The van der Waals surface area contributed by atoms with E-state index in [2.05, 4.69) is 32.8 Å². The lowest BCUT2D eigenvalue weighted by atomic mass is 9.86. The molecule has 0 bridgehead atoms. The summed E-state index contributed by atoms with van der Waals surface area (Å²) in [5.41, 5.74) is 1.75. The third kappa shape index (κ3) is 4.53. The first-order valence-corrected chi connectivity index (χ1v) is 11.2. The first kappa shape index (κ1) is 22.7. The largest absolute Gasteiger partial charge is 0.357 e. The number of hydrogen-bond acceptors (Lipinski definition) is 5. The topological polar surface area (TPSA) is 101 Å². The predicted molar refractivity (Wildman–Crippen MR) is 128 cm³/mol. The van der Waals surface area contributed by atoms with Crippen molar-refractivity contribution in [2.75, 3.05) is 17.7 Å². The minimum Gasteiger partial charge on any atom is -0.357 e. The molecule has 0 spiro atoms. The molecule has 0 aliphatic heterocycles. The Hall–Kier alpha value is -3.49. The number of fused-ring (bicyclic) bond motifs is 1. The van der Waals surface area contributed by atoms with Crippen molar-refractivity contribution < 1.29 is 9.18 Å². The van der Waals surface area contributed by atoms with Crippen molar-refractivity contribution in [1.29, 1.82) is 0 Å². The number of halogens is 1. The summed E-state index contributed by atoms with van der Waals surface area (Å²) in [5, 5.41) is 9.14. The van der Waals surface area contributed by atoms with Gasteiger partial charge in [0.25, 0.3) is 5.56 Å². The lowest BCUT2D eigenvalue weighted by Gasteiger charge is -2.29. The van der Waals surface area contributed by atoms with E-state index >= 15 is 0 Å². The van der Waals surface area contributed by atoms with Crippen LogP contribution in [0.5, 0.6) is 0 Å². The fourth-order valence-electron chi connectivity index (χ4n) is 4.48. The summed E-state index contributed by atoms with van der Waals surface area (Å²) in [6.07, 6.45) is 5.86. The number of urea groups is 1. The smallest absolute Gasteiger partial charge is 0.319 e. The summed E-state index contributed by atoms with van der Waals surface area (Å²) < 4.78 is 16.2. The van der Waals surface area contributed by atoms with E-state index in [4.69, 9.17) is 0 Å². The van der Waals surface area contributed by atoms with E-state index in [-0.39, 0.29) is 17.3 Å². The Morgan fingerprint density at radius 2 is 1.94 bits per heavy atom. The van der Waals surface area contributed by atoms with Gasteiger partial charge in [0.15, 0.2) is 0 Å². The third-order valence-corrected chi connectivity index (χ3v) is 6.45. The molecule has 1 aliphatic carbocycles. The van der Waals surface area contributed by atoms with Crippen LogP contribution in [0.2, 0.25) is 0 Å². The van der Waals surface area contributed by atoms with Gasteiger partial charge in [0, 0.05) is 37.3 Å². The van der Waals surface area contributed by atoms with E-state index in [9.17, 15) is 14.0 Å². The van der Waals surface area contributed by atoms with Crippen LogP contribution in [0.3, 0.4) is 0 Å². The molecule has 0 unspecified atom stereocenters. The minimum atomic E-state index is -0.553. The highest BCUT2D eigenvalue weighted by Gasteiger charge is 2.23. The highest BCUT2D eigenvalue weighted by Crippen LogP contribution is 2.29. The van der Waals surface area contributed by atoms with Crippen LogP contribution in [0.1, 0.15) is 38.2 Å². The van der Waals surface area contributed by atoms with Crippen molar-refractivity contribution in [3.63, 3.8) is 0 Å². The summed E-state index contributed by atoms with van der Waals surface area (Å²) in [6, 6.07) is 4.17. The summed E-state index contributed by atoms with van der Waals surface area (Å²) in [6.45, 7) is 3.85. The number of carbonyl (C=O) groups excluding carboxylic acids is 1. The lowest BCUT2D eigenvalue weighted by Crippen LogP contribution is -2.43. The zero-order valence-corrected chi connectivity index (χ0v) is 19.3. The molecule has 2 atom stereocenters. The van der Waals surface area contributed by atoms with E-state index in [1.165, 1.54) is 23.1 Å². The molecule has 1 saturated carbocycles. The lowest BCUT2D eigenvalue weighted by molar-refractivity contribution is 0.232. The maximum Gasteiger partial charge on any atom is 0.319 e. The Bertz CT molecular complexity index is 1270. The molecule has 1 fully saturated rings. The molecule has 1 aromatic carbocycles. The Labute approximate surface area is 191 Å². The monoisotopic (exact) mass is 452 g/mol. The minimum absolute atomic E-state index is 0.0282. The Balaban J connectivity index is 1.68. The van der Waals surface area contributed by atoms with Crippen LogP contribution in [0, 0.1) is 18.7 Å². The molecule has 2 amide bonds. The number of pyridine rings is 1. The maximum absolute atomic E-state index is 14.7. The van der Waals surface area contributed by atoms with Crippen molar-refractivity contribution in [2.45, 2.75) is 45.6 Å². The molecule has 33 heavy (non-hydrogen) atoms. The van der Waals surface area contributed by atoms with E-state index in [1.807, 2.05) is 0 Å². The van der Waals surface area contributed by atoms with Gasteiger partial charge in [-0.05, 0) is 55.0 Å². The van der Waals surface area contributed by atoms with E-state index in [0.717, 1.165) is 19.3 Å². The van der Waals surface area contributed by atoms with Gasteiger partial charge in [-0.2, -0.15) is 4.98 Å². The molecule has 8 nitrogen and oxygen atoms in total. The van der Waals surface area contributed by atoms with E-state index in [1.54, 1.807) is 33.3 Å². The number of anilines is 2. The summed E-state index contributed by atoms with van der Waals surface area (Å²) in [5.74, 6) is 0.241. The number of nitrogens with zero attached hydrogens (tertiary/aromatic N) is 3. The molecule has 3 N–H and O–H groups in total. The zero-order chi connectivity index (χ0) is 23.7. The van der Waals surface area contributed by atoms with Crippen molar-refractivity contribution in [3.05, 3.63) is 46.1 Å². The second-order valence-corrected chi connectivity index (χ2v) is 8.76. The van der Waals surface area contributed by atoms with Gasteiger partial charge in [-0.25, -0.2) is 14.2 Å². The van der Waals surface area contributed by atoms with E-state index < -0.39 is 11.8 Å². The molecule has 3 aromatic rings.